The average Bonchev–Trinajstić information content (AvgIpc) is 2.46. The van der Waals surface area contributed by atoms with Crippen molar-refractivity contribution in [2.45, 2.75) is 25.1 Å². The highest BCUT2D eigenvalue weighted by Crippen LogP contribution is 2.36. The Kier molecular flexibility index (Phi) is 4.72. The van der Waals surface area contributed by atoms with E-state index in [0.29, 0.717) is 26.1 Å². The molecular weight excluding hydrogens is 285 g/mol. The third kappa shape index (κ3) is 3.66. The molecule has 0 aromatic heterocycles. The molecule has 0 saturated carbocycles. The Morgan fingerprint density at radius 2 is 1.95 bits per heavy atom. The molecule has 0 radical (unpaired) electrons. The Bertz CT molecular complexity index is 511. The van der Waals surface area contributed by atoms with Crippen molar-refractivity contribution in [2.24, 2.45) is 0 Å². The van der Waals surface area contributed by atoms with E-state index in [1.807, 2.05) is 0 Å². The SMILES string of the molecule is CNc1c(C(=O)NC2CCOCC2)cccc1C(F)(F)F. The van der Waals surface area contributed by atoms with Gasteiger partial charge in [0.2, 0.25) is 0 Å². The molecule has 7 heteroatoms. The minimum absolute atomic E-state index is 0.00110. The highest BCUT2D eigenvalue weighted by Gasteiger charge is 2.35. The summed E-state index contributed by atoms with van der Waals surface area (Å²) in [6.45, 7) is 1.10. The molecule has 1 aromatic carbocycles. The zero-order valence-electron chi connectivity index (χ0n) is 11.6. The molecule has 2 rings (SSSR count). The molecule has 2 N–H and O–H groups in total. The maximum absolute atomic E-state index is 12.9. The zero-order valence-corrected chi connectivity index (χ0v) is 11.6. The first-order valence-corrected chi connectivity index (χ1v) is 6.70. The first kappa shape index (κ1) is 15.6. The van der Waals surface area contributed by atoms with Crippen LogP contribution in [0.15, 0.2) is 18.2 Å². The Hall–Kier alpha value is -1.76. The summed E-state index contributed by atoms with van der Waals surface area (Å²) in [5.41, 5.74) is -1.04. The van der Waals surface area contributed by atoms with Crippen LogP contribution >= 0.6 is 0 Å². The quantitative estimate of drug-likeness (QED) is 0.902. The van der Waals surface area contributed by atoms with Crippen molar-refractivity contribution in [2.75, 3.05) is 25.6 Å². The van der Waals surface area contributed by atoms with Crippen molar-refractivity contribution in [1.82, 2.24) is 5.32 Å². The number of para-hydroxylation sites is 1. The summed E-state index contributed by atoms with van der Waals surface area (Å²) < 4.78 is 44.0. The van der Waals surface area contributed by atoms with Crippen molar-refractivity contribution in [1.29, 1.82) is 0 Å². The monoisotopic (exact) mass is 302 g/mol. The highest BCUT2D eigenvalue weighted by atomic mass is 19.4. The second-order valence-corrected chi connectivity index (χ2v) is 4.84. The second kappa shape index (κ2) is 6.34. The fraction of sp³-hybridized carbons (Fsp3) is 0.500. The van der Waals surface area contributed by atoms with Gasteiger partial charge in [-0.1, -0.05) is 6.07 Å². The molecule has 0 unspecified atom stereocenters. The number of hydrogen-bond acceptors (Lipinski definition) is 3. The van der Waals surface area contributed by atoms with E-state index in [9.17, 15) is 18.0 Å². The van der Waals surface area contributed by atoms with Gasteiger partial charge >= 0.3 is 6.18 Å². The van der Waals surface area contributed by atoms with Crippen molar-refractivity contribution in [3.63, 3.8) is 0 Å². The molecule has 1 heterocycles. The maximum atomic E-state index is 12.9. The molecule has 0 spiro atoms. The molecule has 1 saturated heterocycles. The summed E-state index contributed by atoms with van der Waals surface area (Å²) in [4.78, 5) is 12.2. The molecule has 0 atom stereocenters. The van der Waals surface area contributed by atoms with Gasteiger partial charge in [0, 0.05) is 26.3 Å². The first-order valence-electron chi connectivity index (χ1n) is 6.70. The van der Waals surface area contributed by atoms with Gasteiger partial charge in [-0.05, 0) is 25.0 Å². The molecule has 0 aliphatic carbocycles. The number of hydrogen-bond donors (Lipinski definition) is 2. The molecule has 4 nitrogen and oxygen atoms in total. The fourth-order valence-corrected chi connectivity index (χ4v) is 2.35. The van der Waals surface area contributed by atoms with Crippen LogP contribution in [0.3, 0.4) is 0 Å². The zero-order chi connectivity index (χ0) is 15.5. The van der Waals surface area contributed by atoms with Crippen LogP contribution in [-0.4, -0.2) is 32.2 Å². The number of anilines is 1. The van der Waals surface area contributed by atoms with E-state index in [0.717, 1.165) is 6.07 Å². The lowest BCUT2D eigenvalue weighted by atomic mass is 10.0. The molecule has 21 heavy (non-hydrogen) atoms. The number of carbonyl (C=O) groups is 1. The Morgan fingerprint density at radius 1 is 1.29 bits per heavy atom. The lowest BCUT2D eigenvalue weighted by molar-refractivity contribution is -0.136. The lowest BCUT2D eigenvalue weighted by Crippen LogP contribution is -2.39. The third-order valence-electron chi connectivity index (χ3n) is 3.42. The van der Waals surface area contributed by atoms with Crippen molar-refractivity contribution in [3.05, 3.63) is 29.3 Å². The van der Waals surface area contributed by atoms with E-state index in [1.165, 1.54) is 19.2 Å². The van der Waals surface area contributed by atoms with Crippen LogP contribution in [0, 0.1) is 0 Å². The number of alkyl halides is 3. The molecule has 0 bridgehead atoms. The van der Waals surface area contributed by atoms with Gasteiger partial charge in [0.25, 0.3) is 5.91 Å². The minimum atomic E-state index is -4.51. The van der Waals surface area contributed by atoms with Gasteiger partial charge in [-0.25, -0.2) is 0 Å². The molecular formula is C14H17F3N2O2. The first-order chi connectivity index (χ1) is 9.93. The van der Waals surface area contributed by atoms with Crippen LogP contribution in [0.25, 0.3) is 0 Å². The van der Waals surface area contributed by atoms with Gasteiger partial charge in [-0.15, -0.1) is 0 Å². The molecule has 1 aliphatic heterocycles. The second-order valence-electron chi connectivity index (χ2n) is 4.84. The van der Waals surface area contributed by atoms with Crippen molar-refractivity contribution < 1.29 is 22.7 Å². The number of ether oxygens (including phenoxy) is 1. The Balaban J connectivity index is 2.24. The summed E-state index contributed by atoms with van der Waals surface area (Å²) in [5.74, 6) is -0.502. The number of amides is 1. The van der Waals surface area contributed by atoms with Crippen molar-refractivity contribution >= 4 is 11.6 Å². The van der Waals surface area contributed by atoms with Gasteiger partial charge in [0.1, 0.15) is 0 Å². The average molecular weight is 302 g/mol. The molecule has 1 aromatic rings. The van der Waals surface area contributed by atoms with E-state index < -0.39 is 17.6 Å². The molecule has 1 amide bonds. The van der Waals surface area contributed by atoms with Crippen LogP contribution in [0.1, 0.15) is 28.8 Å². The largest absolute Gasteiger partial charge is 0.418 e. The van der Waals surface area contributed by atoms with Crippen LogP contribution in [0.4, 0.5) is 18.9 Å². The maximum Gasteiger partial charge on any atom is 0.418 e. The number of nitrogens with one attached hydrogen (secondary N) is 2. The van der Waals surface area contributed by atoms with Crippen molar-refractivity contribution in [3.8, 4) is 0 Å². The number of carbonyl (C=O) groups excluding carboxylic acids is 1. The van der Waals surface area contributed by atoms with Gasteiger partial charge in [-0.2, -0.15) is 13.2 Å². The van der Waals surface area contributed by atoms with Crippen LogP contribution in [0.5, 0.6) is 0 Å². The number of halogens is 3. The van der Waals surface area contributed by atoms with E-state index in [4.69, 9.17) is 4.74 Å². The van der Waals surface area contributed by atoms with E-state index in [1.54, 1.807) is 0 Å². The topological polar surface area (TPSA) is 50.4 Å². The van der Waals surface area contributed by atoms with E-state index >= 15 is 0 Å². The predicted octanol–water partition coefficient (Wildman–Crippen LogP) is 2.66. The highest BCUT2D eigenvalue weighted by molar-refractivity contribution is 6.00. The van der Waals surface area contributed by atoms with Gasteiger partial charge in [0.15, 0.2) is 0 Å². The Morgan fingerprint density at radius 3 is 2.52 bits per heavy atom. The van der Waals surface area contributed by atoms with Gasteiger partial charge in [-0.3, -0.25) is 4.79 Å². The summed E-state index contributed by atoms with van der Waals surface area (Å²) in [6.07, 6.45) is -3.17. The van der Waals surface area contributed by atoms with Gasteiger partial charge in [0.05, 0.1) is 16.8 Å². The van der Waals surface area contributed by atoms with Gasteiger partial charge < -0.3 is 15.4 Å². The lowest BCUT2D eigenvalue weighted by Gasteiger charge is -2.24. The predicted molar refractivity (Wildman–Crippen MR) is 72.3 cm³/mol. The normalized spacial score (nSPS) is 16.6. The molecule has 116 valence electrons. The molecule has 1 fully saturated rings. The summed E-state index contributed by atoms with van der Waals surface area (Å²) >= 11 is 0. The van der Waals surface area contributed by atoms with Crippen LogP contribution in [0.2, 0.25) is 0 Å². The number of rotatable bonds is 3. The summed E-state index contributed by atoms with van der Waals surface area (Å²) in [5, 5.41) is 5.25. The Labute approximate surface area is 120 Å². The number of benzene rings is 1. The standard InChI is InChI=1S/C14H17F3N2O2/c1-18-12-10(3-2-4-11(12)14(15,16)17)13(20)19-9-5-7-21-8-6-9/h2-4,9,18H,5-8H2,1H3,(H,19,20). The van der Waals surface area contributed by atoms with E-state index in [-0.39, 0.29) is 17.3 Å². The molecule has 1 aliphatic rings. The summed E-state index contributed by atoms with van der Waals surface area (Å²) in [7, 11) is 1.37. The van der Waals surface area contributed by atoms with Crippen LogP contribution < -0.4 is 10.6 Å². The fourth-order valence-electron chi connectivity index (χ4n) is 2.35. The summed E-state index contributed by atoms with van der Waals surface area (Å²) in [6, 6.07) is 3.51. The van der Waals surface area contributed by atoms with Crippen LogP contribution in [-0.2, 0) is 10.9 Å². The minimum Gasteiger partial charge on any atom is -0.387 e. The van der Waals surface area contributed by atoms with E-state index in [2.05, 4.69) is 10.6 Å². The third-order valence-corrected chi connectivity index (χ3v) is 3.42. The smallest absolute Gasteiger partial charge is 0.387 e.